The first-order valence-corrected chi connectivity index (χ1v) is 10.1. The number of ketones is 2. The molecule has 5 rings (SSSR count). The third-order valence-corrected chi connectivity index (χ3v) is 6.87. The first-order valence-electron chi connectivity index (χ1n) is 10.1. The molecule has 0 radical (unpaired) electrons. The fourth-order valence-electron chi connectivity index (χ4n) is 5.46. The van der Waals surface area contributed by atoms with E-state index in [1.807, 2.05) is 0 Å². The predicted octanol–water partition coefficient (Wildman–Crippen LogP) is 1.94. The van der Waals surface area contributed by atoms with Crippen LogP contribution in [-0.2, 0) is 16.0 Å². The highest BCUT2D eigenvalue weighted by Crippen LogP contribution is 2.53. The molecule has 9 heteroatoms. The third kappa shape index (κ3) is 2.39. The summed E-state index contributed by atoms with van der Waals surface area (Å²) in [6.45, 7) is 0. The zero-order chi connectivity index (χ0) is 22.9. The van der Waals surface area contributed by atoms with Gasteiger partial charge in [0.05, 0.1) is 5.56 Å². The van der Waals surface area contributed by atoms with Crippen LogP contribution in [0.15, 0.2) is 58.1 Å². The Hall–Kier alpha value is -3.85. The zero-order valence-corrected chi connectivity index (χ0v) is 16.7. The van der Waals surface area contributed by atoms with Gasteiger partial charge in [-0.3, -0.25) is 14.4 Å². The van der Waals surface area contributed by atoms with Crippen LogP contribution in [0.5, 0.6) is 5.75 Å². The van der Waals surface area contributed by atoms with Crippen molar-refractivity contribution in [3.63, 3.8) is 0 Å². The van der Waals surface area contributed by atoms with Gasteiger partial charge < -0.3 is 21.1 Å². The van der Waals surface area contributed by atoms with Gasteiger partial charge in [-0.2, -0.15) is 0 Å². The number of nitroso groups, excluding NO2 is 1. The van der Waals surface area contributed by atoms with Crippen LogP contribution in [0.1, 0.15) is 28.8 Å². The van der Waals surface area contributed by atoms with E-state index in [4.69, 9.17) is 5.73 Å². The van der Waals surface area contributed by atoms with Crippen LogP contribution in [0, 0.1) is 16.7 Å². The lowest BCUT2D eigenvalue weighted by Gasteiger charge is -2.46. The summed E-state index contributed by atoms with van der Waals surface area (Å²) in [4.78, 5) is 49.5. The van der Waals surface area contributed by atoms with Crippen LogP contribution in [0.3, 0.4) is 0 Å². The number of aliphatic hydroxyl groups is 2. The van der Waals surface area contributed by atoms with Gasteiger partial charge in [-0.05, 0) is 34.9 Å². The smallest absolute Gasteiger partial charge is 0.255 e. The molecule has 9 nitrogen and oxygen atoms in total. The number of aromatic hydroxyl groups is 1. The SMILES string of the molecule is NC(=O)C1=C(O)[C@@]2(O)C(N=O)=C3C(=O)c4c(cc5ccccc5c4O)CC3C[C@H]2CC1=O. The van der Waals surface area contributed by atoms with Crippen molar-refractivity contribution in [1.82, 2.24) is 0 Å². The molecule has 3 aliphatic rings. The van der Waals surface area contributed by atoms with E-state index in [1.165, 1.54) is 0 Å². The molecular formula is C23H18N2O7. The van der Waals surface area contributed by atoms with E-state index >= 15 is 0 Å². The van der Waals surface area contributed by atoms with Crippen molar-refractivity contribution in [3.05, 3.63) is 69.0 Å². The van der Waals surface area contributed by atoms with Crippen LogP contribution in [0.2, 0.25) is 0 Å². The molecule has 0 saturated carbocycles. The number of aliphatic hydroxyl groups excluding tert-OH is 1. The van der Waals surface area contributed by atoms with Gasteiger partial charge in [-0.1, -0.05) is 30.3 Å². The van der Waals surface area contributed by atoms with Gasteiger partial charge in [0.1, 0.15) is 22.8 Å². The number of nitrogens with two attached hydrogens (primary N) is 1. The maximum absolute atomic E-state index is 13.5. The Kier molecular flexibility index (Phi) is 4.12. The van der Waals surface area contributed by atoms with Crippen LogP contribution in [0.4, 0.5) is 0 Å². The normalized spacial score (nSPS) is 27.2. The fraction of sp³-hybridized carbons (Fsp3) is 0.261. The van der Waals surface area contributed by atoms with Crippen molar-refractivity contribution in [2.24, 2.45) is 22.7 Å². The molecule has 3 aliphatic carbocycles. The molecule has 0 fully saturated rings. The van der Waals surface area contributed by atoms with Gasteiger partial charge in [0.15, 0.2) is 17.2 Å². The Morgan fingerprint density at radius 2 is 1.88 bits per heavy atom. The monoisotopic (exact) mass is 434 g/mol. The minimum atomic E-state index is -2.49. The number of primary amides is 1. The van der Waals surface area contributed by atoms with Gasteiger partial charge in [0.25, 0.3) is 5.91 Å². The average Bonchev–Trinajstić information content (AvgIpc) is 2.74. The standard InChI is InChI=1S/C23H18N2O7/c24-22(30)17-14(26)8-12-7-11-6-10-5-9-3-1-2-4-13(9)18(27)15(10)19(28)16(11)20(25-32)23(12,31)21(17)29/h1-5,11-12,27,29,31H,6-8H2,(H2,24,30)/t11?,12-,23-/m0/s1. The summed E-state index contributed by atoms with van der Waals surface area (Å²) in [5, 5.41) is 36.9. The number of nitrogens with zero attached hydrogens (tertiary/aromatic N) is 1. The number of carbonyl (C=O) groups is 3. The summed E-state index contributed by atoms with van der Waals surface area (Å²) in [6, 6.07) is 8.77. The molecular weight excluding hydrogens is 416 g/mol. The summed E-state index contributed by atoms with van der Waals surface area (Å²) < 4.78 is 0. The molecule has 1 unspecified atom stereocenters. The van der Waals surface area contributed by atoms with E-state index < -0.39 is 51.9 Å². The number of benzene rings is 2. The number of rotatable bonds is 2. The van der Waals surface area contributed by atoms with Crippen LogP contribution < -0.4 is 5.73 Å². The van der Waals surface area contributed by atoms with Gasteiger partial charge >= 0.3 is 0 Å². The highest BCUT2D eigenvalue weighted by atomic mass is 16.3. The second-order valence-corrected chi connectivity index (χ2v) is 8.48. The van der Waals surface area contributed by atoms with Crippen LogP contribution >= 0.6 is 0 Å². The van der Waals surface area contributed by atoms with Crippen molar-refractivity contribution >= 4 is 28.2 Å². The van der Waals surface area contributed by atoms with Crippen molar-refractivity contribution in [2.45, 2.75) is 24.9 Å². The quantitative estimate of drug-likeness (QED) is 0.414. The first kappa shape index (κ1) is 20.1. The second kappa shape index (κ2) is 6.57. The summed E-state index contributed by atoms with van der Waals surface area (Å²) in [5.74, 6) is -5.53. The van der Waals surface area contributed by atoms with E-state index in [2.05, 4.69) is 5.18 Å². The molecule has 2 aromatic carbocycles. The lowest BCUT2D eigenvalue weighted by atomic mass is 9.60. The lowest BCUT2D eigenvalue weighted by Crippen LogP contribution is -2.53. The topological polar surface area (TPSA) is 167 Å². The van der Waals surface area contributed by atoms with E-state index in [1.54, 1.807) is 30.3 Å². The van der Waals surface area contributed by atoms with E-state index in [-0.39, 0.29) is 36.1 Å². The second-order valence-electron chi connectivity index (χ2n) is 8.48. The highest BCUT2D eigenvalue weighted by Gasteiger charge is 2.58. The van der Waals surface area contributed by atoms with E-state index in [0.717, 1.165) is 5.39 Å². The highest BCUT2D eigenvalue weighted by molar-refractivity contribution is 6.21. The molecule has 3 atom stereocenters. The molecule has 0 bridgehead atoms. The minimum Gasteiger partial charge on any atom is -0.508 e. The number of phenols is 1. The number of allylic oxidation sites excluding steroid dienone is 1. The Morgan fingerprint density at radius 3 is 2.56 bits per heavy atom. The summed E-state index contributed by atoms with van der Waals surface area (Å²) in [6.07, 6.45) is 0.0128. The predicted molar refractivity (Wildman–Crippen MR) is 111 cm³/mol. The maximum Gasteiger partial charge on any atom is 0.255 e. The molecule has 5 N–H and O–H groups in total. The number of Topliss-reactive ketones (excluding diaryl/α,β-unsaturated/α-hetero) is 2. The zero-order valence-electron chi connectivity index (χ0n) is 16.7. The van der Waals surface area contributed by atoms with Crippen molar-refractivity contribution in [2.75, 3.05) is 0 Å². The van der Waals surface area contributed by atoms with Gasteiger partial charge in [0, 0.05) is 23.3 Å². The summed E-state index contributed by atoms with van der Waals surface area (Å²) in [5.41, 5.74) is 1.70. The van der Waals surface area contributed by atoms with E-state index in [9.17, 15) is 34.6 Å². The number of fused-ring (bicyclic) bond motifs is 4. The fourth-order valence-corrected chi connectivity index (χ4v) is 5.46. The number of phenolic OH excluding ortho intramolecular Hbond substituents is 1. The maximum atomic E-state index is 13.5. The average molecular weight is 434 g/mol. The molecule has 2 aromatic rings. The largest absolute Gasteiger partial charge is 0.508 e. The first-order chi connectivity index (χ1) is 15.2. The third-order valence-electron chi connectivity index (χ3n) is 6.87. The number of hydrogen-bond donors (Lipinski definition) is 4. The number of carbonyl (C=O) groups excluding carboxylic acids is 3. The Bertz CT molecular complexity index is 1340. The molecule has 1 amide bonds. The van der Waals surface area contributed by atoms with Crippen molar-refractivity contribution < 1.29 is 29.7 Å². The molecule has 0 aromatic heterocycles. The molecule has 0 spiro atoms. The summed E-state index contributed by atoms with van der Waals surface area (Å²) in [7, 11) is 0. The summed E-state index contributed by atoms with van der Waals surface area (Å²) >= 11 is 0. The number of amides is 1. The van der Waals surface area contributed by atoms with Crippen molar-refractivity contribution in [1.29, 1.82) is 0 Å². The Balaban J connectivity index is 1.78. The van der Waals surface area contributed by atoms with Gasteiger partial charge in [0.2, 0.25) is 0 Å². The molecule has 32 heavy (non-hydrogen) atoms. The molecule has 162 valence electrons. The minimum absolute atomic E-state index is 0.00336. The lowest BCUT2D eigenvalue weighted by molar-refractivity contribution is -0.126. The molecule has 0 heterocycles. The van der Waals surface area contributed by atoms with Crippen molar-refractivity contribution in [3.8, 4) is 5.75 Å². The van der Waals surface area contributed by atoms with Crippen LogP contribution in [-0.4, -0.2) is 38.4 Å². The van der Waals surface area contributed by atoms with Gasteiger partial charge in [-0.15, -0.1) is 4.91 Å². The van der Waals surface area contributed by atoms with E-state index in [0.29, 0.717) is 10.9 Å². The molecule has 0 aliphatic heterocycles. The molecule has 0 saturated heterocycles. The Morgan fingerprint density at radius 1 is 1.16 bits per heavy atom. The number of hydrogen-bond acceptors (Lipinski definition) is 8. The van der Waals surface area contributed by atoms with Gasteiger partial charge in [-0.25, -0.2) is 0 Å². The Labute approximate surface area is 180 Å². The van der Waals surface area contributed by atoms with Crippen LogP contribution in [0.25, 0.3) is 10.8 Å².